The molecule has 0 aliphatic carbocycles. The van der Waals surface area contributed by atoms with E-state index in [1.54, 1.807) is 14.2 Å². The number of aryl methyl sites for hydroxylation is 1. The van der Waals surface area contributed by atoms with Gasteiger partial charge in [-0.25, -0.2) is 4.98 Å². The van der Waals surface area contributed by atoms with Gasteiger partial charge in [-0.05, 0) is 58.7 Å². The molecule has 0 amide bonds. The second kappa shape index (κ2) is 8.23. The van der Waals surface area contributed by atoms with Gasteiger partial charge in [-0.2, -0.15) is 0 Å². The van der Waals surface area contributed by atoms with Crippen LogP contribution < -0.4 is 9.47 Å². The molecule has 1 heterocycles. The average molecular weight is 421 g/mol. The summed E-state index contributed by atoms with van der Waals surface area (Å²) in [6.45, 7) is 0. The molecule has 5 rings (SSSR count). The SMILES string of the molecule is COc1ccc(-c2cccc(-c3ccc(OC)cc3)c2-c2nc3ccccc3n2C)cc1. The van der Waals surface area contributed by atoms with Crippen LogP contribution in [0.4, 0.5) is 0 Å². The van der Waals surface area contributed by atoms with Crippen molar-refractivity contribution in [2.75, 3.05) is 14.2 Å². The Hall–Kier alpha value is -4.05. The highest BCUT2D eigenvalue weighted by Gasteiger charge is 2.19. The molecule has 4 aromatic carbocycles. The largest absolute Gasteiger partial charge is 0.497 e. The van der Waals surface area contributed by atoms with Gasteiger partial charge >= 0.3 is 0 Å². The van der Waals surface area contributed by atoms with Crippen molar-refractivity contribution in [3.05, 3.63) is 91.0 Å². The Morgan fingerprint density at radius 1 is 0.625 bits per heavy atom. The molecule has 0 spiro atoms. The third-order valence-corrected chi connectivity index (χ3v) is 5.88. The van der Waals surface area contributed by atoms with Crippen molar-refractivity contribution in [2.45, 2.75) is 0 Å². The Kier molecular flexibility index (Phi) is 5.12. The third-order valence-electron chi connectivity index (χ3n) is 5.88. The Bertz CT molecular complexity index is 1320. The summed E-state index contributed by atoms with van der Waals surface area (Å²) in [6.07, 6.45) is 0. The van der Waals surface area contributed by atoms with E-state index in [9.17, 15) is 0 Å². The van der Waals surface area contributed by atoms with Crippen molar-refractivity contribution in [2.24, 2.45) is 7.05 Å². The van der Waals surface area contributed by atoms with Crippen LogP contribution in [0.25, 0.3) is 44.7 Å². The Labute approximate surface area is 187 Å². The van der Waals surface area contributed by atoms with E-state index in [4.69, 9.17) is 14.5 Å². The lowest BCUT2D eigenvalue weighted by molar-refractivity contribution is 0.415. The molecule has 32 heavy (non-hydrogen) atoms. The third kappa shape index (κ3) is 3.40. The van der Waals surface area contributed by atoms with Crippen LogP contribution >= 0.6 is 0 Å². The topological polar surface area (TPSA) is 36.3 Å². The second-order valence-corrected chi connectivity index (χ2v) is 7.67. The van der Waals surface area contributed by atoms with E-state index in [0.29, 0.717) is 0 Å². The molecule has 0 radical (unpaired) electrons. The summed E-state index contributed by atoms with van der Waals surface area (Å²) >= 11 is 0. The molecule has 0 unspecified atom stereocenters. The lowest BCUT2D eigenvalue weighted by atomic mass is 9.91. The number of ether oxygens (including phenoxy) is 2. The molecule has 158 valence electrons. The fourth-order valence-electron chi connectivity index (χ4n) is 4.18. The zero-order chi connectivity index (χ0) is 22.1. The van der Waals surface area contributed by atoms with Crippen molar-refractivity contribution in [1.29, 1.82) is 0 Å². The lowest BCUT2D eigenvalue weighted by Crippen LogP contribution is -1.98. The van der Waals surface area contributed by atoms with Crippen LogP contribution in [0.3, 0.4) is 0 Å². The summed E-state index contributed by atoms with van der Waals surface area (Å²) in [5, 5.41) is 0. The number of para-hydroxylation sites is 2. The van der Waals surface area contributed by atoms with Crippen LogP contribution in [0.5, 0.6) is 11.5 Å². The van der Waals surface area contributed by atoms with Gasteiger partial charge in [0.1, 0.15) is 17.3 Å². The minimum atomic E-state index is 0.837. The number of rotatable bonds is 5. The minimum absolute atomic E-state index is 0.837. The number of benzene rings is 4. The maximum Gasteiger partial charge on any atom is 0.142 e. The summed E-state index contributed by atoms with van der Waals surface area (Å²) in [7, 11) is 5.45. The Balaban J connectivity index is 1.79. The van der Waals surface area contributed by atoms with Crippen molar-refractivity contribution in [3.8, 4) is 45.1 Å². The van der Waals surface area contributed by atoms with Gasteiger partial charge in [-0.3, -0.25) is 0 Å². The second-order valence-electron chi connectivity index (χ2n) is 7.67. The number of methoxy groups -OCH3 is 2. The molecule has 5 aromatic rings. The first-order valence-corrected chi connectivity index (χ1v) is 10.5. The Morgan fingerprint density at radius 3 is 1.66 bits per heavy atom. The summed E-state index contributed by atoms with van der Waals surface area (Å²) in [5.41, 5.74) is 7.66. The van der Waals surface area contributed by atoms with E-state index in [-0.39, 0.29) is 0 Å². The predicted octanol–water partition coefficient (Wildman–Crippen LogP) is 6.59. The lowest BCUT2D eigenvalue weighted by Gasteiger charge is -2.16. The maximum atomic E-state index is 5.37. The highest BCUT2D eigenvalue weighted by Crippen LogP contribution is 2.41. The van der Waals surface area contributed by atoms with Gasteiger partial charge in [-0.15, -0.1) is 0 Å². The molecule has 1 aromatic heterocycles. The average Bonchev–Trinajstić information content (AvgIpc) is 3.20. The highest BCUT2D eigenvalue weighted by molar-refractivity contribution is 5.95. The van der Waals surface area contributed by atoms with Gasteiger partial charge in [0.05, 0.1) is 25.3 Å². The van der Waals surface area contributed by atoms with E-state index in [0.717, 1.165) is 56.2 Å². The molecule has 4 heteroatoms. The fourth-order valence-corrected chi connectivity index (χ4v) is 4.18. The van der Waals surface area contributed by atoms with Gasteiger partial charge in [0.25, 0.3) is 0 Å². The number of imidazole rings is 1. The molecule has 0 N–H and O–H groups in total. The van der Waals surface area contributed by atoms with E-state index in [2.05, 4.69) is 66.2 Å². The molecule has 0 atom stereocenters. The van der Waals surface area contributed by atoms with Crippen LogP contribution in [-0.4, -0.2) is 23.8 Å². The first kappa shape index (κ1) is 19.9. The fraction of sp³-hybridized carbons (Fsp3) is 0.107. The van der Waals surface area contributed by atoms with E-state index < -0.39 is 0 Å². The summed E-state index contributed by atoms with van der Waals surface area (Å²) in [6, 6.07) is 31.0. The van der Waals surface area contributed by atoms with E-state index in [1.165, 1.54) is 0 Å². The van der Waals surface area contributed by atoms with Gasteiger partial charge in [-0.1, -0.05) is 54.6 Å². The summed E-state index contributed by atoms with van der Waals surface area (Å²) < 4.78 is 12.9. The van der Waals surface area contributed by atoms with Crippen molar-refractivity contribution < 1.29 is 9.47 Å². The Morgan fingerprint density at radius 2 is 1.16 bits per heavy atom. The van der Waals surface area contributed by atoms with Crippen LogP contribution in [0.15, 0.2) is 91.0 Å². The number of fused-ring (bicyclic) bond motifs is 1. The van der Waals surface area contributed by atoms with Crippen molar-refractivity contribution in [1.82, 2.24) is 9.55 Å². The molecule has 0 bridgehead atoms. The number of nitrogens with zero attached hydrogens (tertiary/aromatic N) is 2. The summed E-state index contributed by atoms with van der Waals surface area (Å²) in [5.74, 6) is 2.61. The molecule has 0 saturated heterocycles. The van der Waals surface area contributed by atoms with Crippen molar-refractivity contribution >= 4 is 11.0 Å². The first-order valence-electron chi connectivity index (χ1n) is 10.5. The minimum Gasteiger partial charge on any atom is -0.497 e. The van der Waals surface area contributed by atoms with Crippen molar-refractivity contribution in [3.63, 3.8) is 0 Å². The molecule has 0 aliphatic heterocycles. The standard InChI is InChI=1S/C28H24N2O2/c1-30-26-10-5-4-9-25(26)29-28(30)27-23(19-11-15-21(31-2)16-12-19)7-6-8-24(27)20-13-17-22(32-3)18-14-20/h4-18H,1-3H3. The summed E-state index contributed by atoms with van der Waals surface area (Å²) in [4.78, 5) is 5.04. The highest BCUT2D eigenvalue weighted by atomic mass is 16.5. The van der Waals surface area contributed by atoms with Gasteiger partial charge < -0.3 is 14.0 Å². The van der Waals surface area contributed by atoms with Crippen LogP contribution in [0.2, 0.25) is 0 Å². The quantitative estimate of drug-likeness (QED) is 0.322. The molecular weight excluding hydrogens is 396 g/mol. The number of hydrogen-bond donors (Lipinski definition) is 0. The molecular formula is C28H24N2O2. The van der Waals surface area contributed by atoms with E-state index >= 15 is 0 Å². The zero-order valence-electron chi connectivity index (χ0n) is 18.4. The molecule has 0 aliphatic rings. The molecule has 0 fully saturated rings. The zero-order valence-corrected chi connectivity index (χ0v) is 18.4. The van der Waals surface area contributed by atoms with Gasteiger partial charge in [0, 0.05) is 12.6 Å². The molecule has 4 nitrogen and oxygen atoms in total. The monoisotopic (exact) mass is 420 g/mol. The molecule has 0 saturated carbocycles. The van der Waals surface area contributed by atoms with E-state index in [1.807, 2.05) is 36.4 Å². The van der Waals surface area contributed by atoms with Crippen LogP contribution in [0, 0.1) is 0 Å². The predicted molar refractivity (Wildman–Crippen MR) is 130 cm³/mol. The number of hydrogen-bond acceptors (Lipinski definition) is 3. The normalized spacial score (nSPS) is 11.0. The number of aromatic nitrogens is 2. The smallest absolute Gasteiger partial charge is 0.142 e. The maximum absolute atomic E-state index is 5.37. The van der Waals surface area contributed by atoms with Crippen LogP contribution in [0.1, 0.15) is 0 Å². The van der Waals surface area contributed by atoms with Crippen LogP contribution in [-0.2, 0) is 7.05 Å². The van der Waals surface area contributed by atoms with Gasteiger partial charge in [0.15, 0.2) is 0 Å². The first-order chi connectivity index (χ1) is 15.7. The van der Waals surface area contributed by atoms with Gasteiger partial charge in [0.2, 0.25) is 0 Å².